The van der Waals surface area contributed by atoms with Crippen molar-refractivity contribution in [1.29, 1.82) is 0 Å². The first-order valence-electron chi connectivity index (χ1n) is 10.7. The van der Waals surface area contributed by atoms with Crippen LogP contribution in [0.1, 0.15) is 32.6 Å². The van der Waals surface area contributed by atoms with Gasteiger partial charge in [0.1, 0.15) is 11.8 Å². The smallest absolute Gasteiger partial charge is 0.271 e. The molecule has 1 saturated heterocycles. The van der Waals surface area contributed by atoms with Gasteiger partial charge in [0.2, 0.25) is 10.0 Å². The van der Waals surface area contributed by atoms with Crippen molar-refractivity contribution in [2.45, 2.75) is 43.5 Å². The SMILES string of the molecule is CC(=O)C1CC(C(=O)Nc2cccc(S(=O)(=O)N3CCCCC3)c2)=NN1c1ccccc1. The van der Waals surface area contributed by atoms with Gasteiger partial charge < -0.3 is 5.32 Å². The van der Waals surface area contributed by atoms with Gasteiger partial charge in [0.05, 0.1) is 10.6 Å². The molecule has 1 fully saturated rings. The molecule has 0 aromatic heterocycles. The molecule has 2 heterocycles. The summed E-state index contributed by atoms with van der Waals surface area (Å²) in [4.78, 5) is 25.2. The van der Waals surface area contributed by atoms with E-state index in [1.54, 1.807) is 17.1 Å². The highest BCUT2D eigenvalue weighted by atomic mass is 32.2. The molecule has 2 aromatic carbocycles. The number of Topliss-reactive ketones (excluding diaryl/α,β-unsaturated/α-hetero) is 1. The summed E-state index contributed by atoms with van der Waals surface area (Å²) in [5.41, 5.74) is 1.32. The van der Waals surface area contributed by atoms with Crippen LogP contribution in [-0.2, 0) is 19.6 Å². The topological polar surface area (TPSA) is 99.1 Å². The molecule has 4 rings (SSSR count). The quantitative estimate of drug-likeness (QED) is 0.723. The first kappa shape index (κ1) is 22.2. The number of anilines is 2. The number of nitrogens with zero attached hydrogens (tertiary/aromatic N) is 3. The van der Waals surface area contributed by atoms with E-state index < -0.39 is 22.0 Å². The molecule has 2 aliphatic heterocycles. The average molecular weight is 455 g/mol. The Morgan fingerprint density at radius 2 is 1.72 bits per heavy atom. The van der Waals surface area contributed by atoms with Gasteiger partial charge in [0.25, 0.3) is 5.91 Å². The zero-order valence-corrected chi connectivity index (χ0v) is 18.7. The third kappa shape index (κ3) is 4.58. The Hall–Kier alpha value is -3.04. The van der Waals surface area contributed by atoms with Crippen LogP contribution < -0.4 is 10.3 Å². The number of hydrogen-bond donors (Lipinski definition) is 1. The lowest BCUT2D eigenvalue weighted by atomic mass is 10.1. The second-order valence-electron chi connectivity index (χ2n) is 8.00. The summed E-state index contributed by atoms with van der Waals surface area (Å²) >= 11 is 0. The van der Waals surface area contributed by atoms with Crippen molar-refractivity contribution in [3.63, 3.8) is 0 Å². The summed E-state index contributed by atoms with van der Waals surface area (Å²) in [6, 6.07) is 14.9. The molecule has 0 aliphatic carbocycles. The van der Waals surface area contributed by atoms with E-state index in [2.05, 4.69) is 10.4 Å². The maximum atomic E-state index is 12.9. The van der Waals surface area contributed by atoms with Gasteiger partial charge in [-0.1, -0.05) is 30.7 Å². The van der Waals surface area contributed by atoms with E-state index in [1.165, 1.54) is 23.4 Å². The number of carbonyl (C=O) groups excluding carboxylic acids is 2. The molecule has 0 spiro atoms. The van der Waals surface area contributed by atoms with E-state index in [0.717, 1.165) is 24.9 Å². The van der Waals surface area contributed by atoms with E-state index in [4.69, 9.17) is 0 Å². The van der Waals surface area contributed by atoms with E-state index in [-0.39, 0.29) is 22.8 Å². The number of nitrogens with one attached hydrogen (secondary N) is 1. The largest absolute Gasteiger partial charge is 0.321 e. The number of para-hydroxylation sites is 1. The van der Waals surface area contributed by atoms with E-state index in [9.17, 15) is 18.0 Å². The highest BCUT2D eigenvalue weighted by molar-refractivity contribution is 7.89. The van der Waals surface area contributed by atoms with Crippen LogP contribution >= 0.6 is 0 Å². The number of piperidine rings is 1. The van der Waals surface area contributed by atoms with E-state index >= 15 is 0 Å². The van der Waals surface area contributed by atoms with Gasteiger partial charge in [-0.3, -0.25) is 14.6 Å². The maximum Gasteiger partial charge on any atom is 0.271 e. The summed E-state index contributed by atoms with van der Waals surface area (Å²) in [7, 11) is -3.61. The third-order valence-corrected chi connectivity index (χ3v) is 7.60. The van der Waals surface area contributed by atoms with Gasteiger partial charge in [-0.15, -0.1) is 0 Å². The Kier molecular flexibility index (Phi) is 6.38. The summed E-state index contributed by atoms with van der Waals surface area (Å²) < 4.78 is 27.4. The van der Waals surface area contributed by atoms with Gasteiger partial charge >= 0.3 is 0 Å². The van der Waals surface area contributed by atoms with Crippen LogP contribution in [0.5, 0.6) is 0 Å². The predicted octanol–water partition coefficient (Wildman–Crippen LogP) is 3.02. The van der Waals surface area contributed by atoms with Crippen LogP contribution in [0.25, 0.3) is 0 Å². The van der Waals surface area contributed by atoms with Crippen molar-refractivity contribution >= 4 is 38.8 Å². The molecule has 1 atom stereocenters. The number of rotatable bonds is 6. The molecule has 0 saturated carbocycles. The lowest BCUT2D eigenvalue weighted by Crippen LogP contribution is -2.35. The minimum absolute atomic E-state index is 0.0879. The maximum absolute atomic E-state index is 12.9. The molecular formula is C23H26N4O4S. The fourth-order valence-electron chi connectivity index (χ4n) is 3.97. The number of hydrogen-bond acceptors (Lipinski definition) is 6. The van der Waals surface area contributed by atoms with Gasteiger partial charge in [0, 0.05) is 25.2 Å². The fourth-order valence-corrected chi connectivity index (χ4v) is 5.54. The Balaban J connectivity index is 1.53. The van der Waals surface area contributed by atoms with Gasteiger partial charge in [0.15, 0.2) is 5.78 Å². The molecule has 1 N–H and O–H groups in total. The van der Waals surface area contributed by atoms with Crippen molar-refractivity contribution < 1.29 is 18.0 Å². The molecular weight excluding hydrogens is 428 g/mol. The summed E-state index contributed by atoms with van der Waals surface area (Å²) in [5, 5.41) is 8.70. The molecule has 2 aromatic rings. The lowest BCUT2D eigenvalue weighted by Gasteiger charge is -2.26. The molecule has 0 bridgehead atoms. The van der Waals surface area contributed by atoms with Gasteiger partial charge in [-0.05, 0) is 50.1 Å². The summed E-state index contributed by atoms with van der Waals surface area (Å²) in [6.07, 6.45) is 2.92. The van der Waals surface area contributed by atoms with Crippen LogP contribution in [0.15, 0.2) is 64.6 Å². The lowest BCUT2D eigenvalue weighted by molar-refractivity contribution is -0.118. The fraction of sp³-hybridized carbons (Fsp3) is 0.348. The number of benzene rings is 2. The minimum atomic E-state index is -3.61. The first-order valence-corrected chi connectivity index (χ1v) is 12.1. The van der Waals surface area contributed by atoms with Gasteiger partial charge in [-0.25, -0.2) is 8.42 Å². The van der Waals surface area contributed by atoms with E-state index in [1.807, 2.05) is 30.3 Å². The van der Waals surface area contributed by atoms with Crippen LogP contribution in [0.4, 0.5) is 11.4 Å². The number of ketones is 1. The highest BCUT2D eigenvalue weighted by Crippen LogP contribution is 2.26. The monoisotopic (exact) mass is 454 g/mol. The van der Waals surface area contributed by atoms with Crippen molar-refractivity contribution in [2.75, 3.05) is 23.4 Å². The third-order valence-electron chi connectivity index (χ3n) is 5.71. The number of sulfonamides is 1. The zero-order chi connectivity index (χ0) is 22.7. The van der Waals surface area contributed by atoms with E-state index in [0.29, 0.717) is 18.8 Å². The number of carbonyl (C=O) groups is 2. The van der Waals surface area contributed by atoms with Crippen molar-refractivity contribution in [3.05, 3.63) is 54.6 Å². The second-order valence-corrected chi connectivity index (χ2v) is 9.94. The second kappa shape index (κ2) is 9.22. The van der Waals surface area contributed by atoms with Crippen LogP contribution in [0, 0.1) is 0 Å². The minimum Gasteiger partial charge on any atom is -0.321 e. The standard InChI is InChI=1S/C23H26N4O4S/c1-17(28)22-16-21(25-27(22)19-10-4-2-5-11-19)23(29)24-18-9-8-12-20(15-18)32(30,31)26-13-6-3-7-14-26/h2,4-5,8-12,15,22H,3,6-7,13-14,16H2,1H3,(H,24,29). The highest BCUT2D eigenvalue weighted by Gasteiger charge is 2.34. The number of hydrazone groups is 1. The normalized spacial score (nSPS) is 19.5. The van der Waals surface area contributed by atoms with Crippen molar-refractivity contribution in [3.8, 4) is 0 Å². The Bertz CT molecular complexity index is 1140. The van der Waals surface area contributed by atoms with Crippen molar-refractivity contribution in [2.24, 2.45) is 5.10 Å². The predicted molar refractivity (Wildman–Crippen MR) is 123 cm³/mol. The molecule has 2 aliphatic rings. The van der Waals surface area contributed by atoms with Gasteiger partial charge in [-0.2, -0.15) is 9.41 Å². The molecule has 1 amide bonds. The van der Waals surface area contributed by atoms with Crippen LogP contribution in [-0.4, -0.2) is 49.3 Å². The molecule has 0 radical (unpaired) electrons. The molecule has 9 heteroatoms. The number of amides is 1. The average Bonchev–Trinajstić information content (AvgIpc) is 3.27. The van der Waals surface area contributed by atoms with Crippen LogP contribution in [0.2, 0.25) is 0 Å². The molecule has 32 heavy (non-hydrogen) atoms. The summed E-state index contributed by atoms with van der Waals surface area (Å²) in [5.74, 6) is -0.544. The zero-order valence-electron chi connectivity index (χ0n) is 17.9. The first-order chi connectivity index (χ1) is 15.4. The molecule has 1 unspecified atom stereocenters. The van der Waals surface area contributed by atoms with Crippen LogP contribution in [0.3, 0.4) is 0 Å². The Morgan fingerprint density at radius 3 is 2.41 bits per heavy atom. The Labute approximate surface area is 188 Å². The van der Waals surface area contributed by atoms with Crippen molar-refractivity contribution in [1.82, 2.24) is 4.31 Å². The molecule has 8 nitrogen and oxygen atoms in total. The summed E-state index contributed by atoms with van der Waals surface area (Å²) in [6.45, 7) is 2.50. The Morgan fingerprint density at radius 1 is 1.00 bits per heavy atom. The molecule has 168 valence electrons.